The first kappa shape index (κ1) is 6.53. The van der Waals surface area contributed by atoms with E-state index in [4.69, 9.17) is 0 Å². The topological polar surface area (TPSA) is 17.1 Å². The van der Waals surface area contributed by atoms with E-state index in [1.54, 1.807) is 6.08 Å². The van der Waals surface area contributed by atoms with E-state index in [0.29, 0.717) is 11.7 Å². The lowest BCUT2D eigenvalue weighted by Gasteiger charge is -2.40. The fourth-order valence-electron chi connectivity index (χ4n) is 1.17. The number of ketones is 1. The van der Waals surface area contributed by atoms with Crippen molar-refractivity contribution in [1.82, 2.24) is 0 Å². The number of hydrogen-bond donors (Lipinski definition) is 0. The summed E-state index contributed by atoms with van der Waals surface area (Å²) in [5.74, 6) is 0.840. The quantitative estimate of drug-likeness (QED) is 0.487. The lowest BCUT2D eigenvalue weighted by molar-refractivity contribution is -0.138. The zero-order chi connectivity index (χ0) is 7.07. The van der Waals surface area contributed by atoms with Gasteiger partial charge in [0.1, 0.15) is 5.78 Å². The van der Waals surface area contributed by atoms with Crippen LogP contribution in [0.2, 0.25) is 0 Å². The molecule has 1 saturated carbocycles. The molecule has 0 radical (unpaired) electrons. The third-order valence-corrected chi connectivity index (χ3v) is 2.54. The molecule has 2 atom stereocenters. The molecule has 0 N–H and O–H groups in total. The van der Waals surface area contributed by atoms with Crippen LogP contribution in [0.4, 0.5) is 0 Å². The zero-order valence-corrected chi connectivity index (χ0v) is 5.98. The lowest BCUT2D eigenvalue weighted by Crippen LogP contribution is -2.44. The molecule has 2 unspecified atom stereocenters. The van der Waals surface area contributed by atoms with Crippen molar-refractivity contribution in [3.8, 4) is 0 Å². The Balaban J connectivity index is 2.77. The minimum absolute atomic E-state index is 0.194. The number of carbonyl (C=O) groups is 1. The Kier molecular flexibility index (Phi) is 1.23. The highest BCUT2D eigenvalue weighted by atomic mass is 16.1. The highest BCUT2D eigenvalue weighted by Gasteiger charge is 2.45. The first-order valence-electron chi connectivity index (χ1n) is 3.28. The Morgan fingerprint density at radius 2 is 2.44 bits per heavy atom. The number of hydrogen-bond acceptors (Lipinski definition) is 1. The number of carbonyl (C=O) groups excluding carboxylic acids is 1. The SMILES string of the molecule is C=CC1(C)C(=O)CC1C. The van der Waals surface area contributed by atoms with Gasteiger partial charge in [-0.25, -0.2) is 0 Å². The minimum atomic E-state index is -0.194. The van der Waals surface area contributed by atoms with E-state index >= 15 is 0 Å². The molecule has 0 saturated heterocycles. The van der Waals surface area contributed by atoms with Gasteiger partial charge in [0.25, 0.3) is 0 Å². The summed E-state index contributed by atoms with van der Waals surface area (Å²) < 4.78 is 0. The van der Waals surface area contributed by atoms with Crippen LogP contribution < -0.4 is 0 Å². The fourth-order valence-corrected chi connectivity index (χ4v) is 1.17. The van der Waals surface area contributed by atoms with E-state index in [0.717, 1.165) is 6.42 Å². The zero-order valence-electron chi connectivity index (χ0n) is 5.98. The van der Waals surface area contributed by atoms with Crippen molar-refractivity contribution in [1.29, 1.82) is 0 Å². The second-order valence-electron chi connectivity index (χ2n) is 3.02. The van der Waals surface area contributed by atoms with Crippen molar-refractivity contribution in [2.24, 2.45) is 11.3 Å². The van der Waals surface area contributed by atoms with E-state index in [9.17, 15) is 4.79 Å². The maximum absolute atomic E-state index is 10.9. The fraction of sp³-hybridized carbons (Fsp3) is 0.625. The Morgan fingerprint density at radius 1 is 1.89 bits per heavy atom. The molecule has 0 bridgehead atoms. The Hall–Kier alpha value is -0.590. The van der Waals surface area contributed by atoms with Crippen LogP contribution in [0.3, 0.4) is 0 Å². The molecule has 0 aromatic rings. The van der Waals surface area contributed by atoms with Crippen LogP contribution in [0, 0.1) is 11.3 Å². The van der Waals surface area contributed by atoms with E-state index in [1.807, 2.05) is 6.92 Å². The molecule has 1 fully saturated rings. The predicted molar refractivity (Wildman–Crippen MR) is 37.1 cm³/mol. The van der Waals surface area contributed by atoms with Gasteiger partial charge in [-0.05, 0) is 12.8 Å². The summed E-state index contributed by atoms with van der Waals surface area (Å²) >= 11 is 0. The van der Waals surface area contributed by atoms with Crippen molar-refractivity contribution < 1.29 is 4.79 Å². The first-order valence-corrected chi connectivity index (χ1v) is 3.28. The number of Topliss-reactive ketones (excluding diaryl/α,β-unsaturated/α-hetero) is 1. The van der Waals surface area contributed by atoms with Gasteiger partial charge in [0.15, 0.2) is 0 Å². The van der Waals surface area contributed by atoms with Crippen LogP contribution in [0.15, 0.2) is 12.7 Å². The maximum Gasteiger partial charge on any atom is 0.143 e. The Labute approximate surface area is 55.8 Å². The normalized spacial score (nSPS) is 42.0. The van der Waals surface area contributed by atoms with Crippen LogP contribution in [0.1, 0.15) is 20.3 Å². The van der Waals surface area contributed by atoms with E-state index in [1.165, 1.54) is 0 Å². The molecule has 0 spiro atoms. The molecule has 50 valence electrons. The molecule has 1 rings (SSSR count). The van der Waals surface area contributed by atoms with Gasteiger partial charge in [-0.1, -0.05) is 13.0 Å². The molecular weight excluding hydrogens is 112 g/mol. The molecule has 0 aliphatic heterocycles. The third-order valence-electron chi connectivity index (χ3n) is 2.54. The number of allylic oxidation sites excluding steroid dienone is 1. The third kappa shape index (κ3) is 0.640. The standard InChI is InChI=1S/C8H12O/c1-4-8(3)6(2)5-7(8)9/h4,6H,1,5H2,2-3H3. The van der Waals surface area contributed by atoms with Crippen LogP contribution >= 0.6 is 0 Å². The second-order valence-corrected chi connectivity index (χ2v) is 3.02. The summed E-state index contributed by atoms with van der Waals surface area (Å²) in [6, 6.07) is 0. The molecule has 0 aromatic carbocycles. The van der Waals surface area contributed by atoms with Gasteiger partial charge in [-0.15, -0.1) is 6.58 Å². The van der Waals surface area contributed by atoms with Crippen LogP contribution in [-0.4, -0.2) is 5.78 Å². The molecule has 9 heavy (non-hydrogen) atoms. The van der Waals surface area contributed by atoms with Gasteiger partial charge in [0.05, 0.1) is 0 Å². The molecular formula is C8H12O. The van der Waals surface area contributed by atoms with E-state index in [2.05, 4.69) is 13.5 Å². The highest BCUT2D eigenvalue weighted by molar-refractivity contribution is 5.92. The maximum atomic E-state index is 10.9. The summed E-state index contributed by atoms with van der Waals surface area (Å²) in [7, 11) is 0. The van der Waals surface area contributed by atoms with Crippen LogP contribution in [0.5, 0.6) is 0 Å². The first-order chi connectivity index (χ1) is 4.11. The van der Waals surface area contributed by atoms with E-state index < -0.39 is 0 Å². The summed E-state index contributed by atoms with van der Waals surface area (Å²) in [5, 5.41) is 0. The Bertz CT molecular complexity index is 160. The molecule has 1 aliphatic rings. The van der Waals surface area contributed by atoms with Crippen molar-refractivity contribution in [2.75, 3.05) is 0 Å². The monoisotopic (exact) mass is 124 g/mol. The summed E-state index contributed by atoms with van der Waals surface area (Å²) in [5.41, 5.74) is -0.194. The van der Waals surface area contributed by atoms with Gasteiger partial charge in [0.2, 0.25) is 0 Å². The van der Waals surface area contributed by atoms with Crippen molar-refractivity contribution >= 4 is 5.78 Å². The molecule has 1 aliphatic carbocycles. The smallest absolute Gasteiger partial charge is 0.143 e. The summed E-state index contributed by atoms with van der Waals surface area (Å²) in [6.07, 6.45) is 2.51. The van der Waals surface area contributed by atoms with Gasteiger partial charge >= 0.3 is 0 Å². The largest absolute Gasteiger partial charge is 0.299 e. The molecule has 0 amide bonds. The minimum Gasteiger partial charge on any atom is -0.299 e. The predicted octanol–water partition coefficient (Wildman–Crippen LogP) is 1.79. The highest BCUT2D eigenvalue weighted by Crippen LogP contribution is 2.43. The van der Waals surface area contributed by atoms with Gasteiger partial charge in [-0.2, -0.15) is 0 Å². The Morgan fingerprint density at radius 3 is 2.56 bits per heavy atom. The van der Waals surface area contributed by atoms with Crippen molar-refractivity contribution in [3.05, 3.63) is 12.7 Å². The average molecular weight is 124 g/mol. The second kappa shape index (κ2) is 1.69. The van der Waals surface area contributed by atoms with Gasteiger partial charge in [0, 0.05) is 11.8 Å². The average Bonchev–Trinajstić information content (AvgIpc) is 1.87. The number of rotatable bonds is 1. The molecule has 1 heteroatoms. The van der Waals surface area contributed by atoms with Crippen LogP contribution in [-0.2, 0) is 4.79 Å². The van der Waals surface area contributed by atoms with Crippen LogP contribution in [0.25, 0.3) is 0 Å². The van der Waals surface area contributed by atoms with Crippen molar-refractivity contribution in [2.45, 2.75) is 20.3 Å². The molecule has 0 heterocycles. The summed E-state index contributed by atoms with van der Waals surface area (Å²) in [6.45, 7) is 7.68. The summed E-state index contributed by atoms with van der Waals surface area (Å²) in [4.78, 5) is 10.9. The van der Waals surface area contributed by atoms with Gasteiger partial charge in [-0.3, -0.25) is 4.79 Å². The molecule has 0 aromatic heterocycles. The van der Waals surface area contributed by atoms with Gasteiger partial charge < -0.3 is 0 Å². The van der Waals surface area contributed by atoms with E-state index in [-0.39, 0.29) is 5.41 Å². The molecule has 1 nitrogen and oxygen atoms in total. The lowest BCUT2D eigenvalue weighted by atomic mass is 9.61. The van der Waals surface area contributed by atoms with Crippen molar-refractivity contribution in [3.63, 3.8) is 0 Å².